The summed E-state index contributed by atoms with van der Waals surface area (Å²) in [5.74, 6) is -0.175. The predicted octanol–water partition coefficient (Wildman–Crippen LogP) is 2.11. The highest BCUT2D eigenvalue weighted by atomic mass is 16.5. The van der Waals surface area contributed by atoms with Crippen molar-refractivity contribution in [3.05, 3.63) is 29.3 Å². The van der Waals surface area contributed by atoms with Crippen LogP contribution in [0.5, 0.6) is 5.75 Å². The van der Waals surface area contributed by atoms with Crippen LogP contribution in [0.3, 0.4) is 0 Å². The highest BCUT2D eigenvalue weighted by Gasteiger charge is 2.09. The molecule has 0 aliphatic heterocycles. The number of carboxylic acids is 1. The van der Waals surface area contributed by atoms with Gasteiger partial charge in [0.2, 0.25) is 0 Å². The van der Waals surface area contributed by atoms with Gasteiger partial charge in [0.1, 0.15) is 5.75 Å². The quantitative estimate of drug-likeness (QED) is 0.707. The van der Waals surface area contributed by atoms with Crippen LogP contribution in [-0.4, -0.2) is 31.3 Å². The number of rotatable bonds is 8. The Morgan fingerprint density at radius 1 is 1.47 bits per heavy atom. The number of methoxy groups -OCH3 is 1. The Morgan fingerprint density at radius 3 is 2.79 bits per heavy atom. The molecule has 0 radical (unpaired) electrons. The van der Waals surface area contributed by atoms with Crippen molar-refractivity contribution < 1.29 is 14.6 Å². The zero-order valence-electron chi connectivity index (χ0n) is 11.9. The Labute approximate surface area is 114 Å². The summed E-state index contributed by atoms with van der Waals surface area (Å²) in [5, 5.41) is 11.9. The summed E-state index contributed by atoms with van der Waals surface area (Å²) in [6.45, 7) is 5.10. The number of hydrogen-bond acceptors (Lipinski definition) is 3. The van der Waals surface area contributed by atoms with Gasteiger partial charge in [-0.1, -0.05) is 26.0 Å². The van der Waals surface area contributed by atoms with Crippen LogP contribution in [0.15, 0.2) is 18.2 Å². The Balaban J connectivity index is 2.43. The van der Waals surface area contributed by atoms with Gasteiger partial charge in [0, 0.05) is 6.54 Å². The van der Waals surface area contributed by atoms with Crippen molar-refractivity contribution in [2.75, 3.05) is 20.2 Å². The first-order valence-corrected chi connectivity index (χ1v) is 6.67. The van der Waals surface area contributed by atoms with E-state index < -0.39 is 5.97 Å². The fourth-order valence-electron chi connectivity index (χ4n) is 1.90. The average molecular weight is 265 g/mol. The summed E-state index contributed by atoms with van der Waals surface area (Å²) >= 11 is 0. The standard InChI is InChI=1S/C15H23NO3/c1-4-13-9-12(5-6-14(13)19-3)7-8-16-10-11(2)15(17)18/h5-6,9,11,16H,4,7-8,10H2,1-3H3,(H,17,18). The molecule has 0 spiro atoms. The number of benzene rings is 1. The molecule has 4 heteroatoms. The molecule has 0 amide bonds. The normalized spacial score (nSPS) is 12.2. The van der Waals surface area contributed by atoms with E-state index in [1.54, 1.807) is 14.0 Å². The lowest BCUT2D eigenvalue weighted by Crippen LogP contribution is -2.27. The molecule has 4 nitrogen and oxygen atoms in total. The molecule has 0 saturated heterocycles. The molecule has 1 atom stereocenters. The minimum Gasteiger partial charge on any atom is -0.496 e. The van der Waals surface area contributed by atoms with E-state index in [9.17, 15) is 4.79 Å². The molecule has 2 N–H and O–H groups in total. The van der Waals surface area contributed by atoms with E-state index in [0.29, 0.717) is 6.54 Å². The zero-order chi connectivity index (χ0) is 14.3. The third-order valence-electron chi connectivity index (χ3n) is 3.19. The molecule has 19 heavy (non-hydrogen) atoms. The maximum Gasteiger partial charge on any atom is 0.307 e. The molecular weight excluding hydrogens is 242 g/mol. The Hall–Kier alpha value is -1.55. The molecule has 0 aromatic heterocycles. The SMILES string of the molecule is CCc1cc(CCNCC(C)C(=O)O)ccc1OC. The number of carbonyl (C=O) groups is 1. The molecule has 1 unspecified atom stereocenters. The van der Waals surface area contributed by atoms with Crippen LogP contribution in [0.2, 0.25) is 0 Å². The fraction of sp³-hybridized carbons (Fsp3) is 0.533. The molecule has 0 saturated carbocycles. The summed E-state index contributed by atoms with van der Waals surface area (Å²) in [5.41, 5.74) is 2.45. The van der Waals surface area contributed by atoms with Crippen molar-refractivity contribution in [2.45, 2.75) is 26.7 Å². The molecule has 0 heterocycles. The average Bonchev–Trinajstić information content (AvgIpc) is 2.42. The van der Waals surface area contributed by atoms with Crippen LogP contribution < -0.4 is 10.1 Å². The Kier molecular flexibility index (Phi) is 6.36. The smallest absolute Gasteiger partial charge is 0.307 e. The highest BCUT2D eigenvalue weighted by molar-refractivity contribution is 5.69. The van der Waals surface area contributed by atoms with Crippen LogP contribution >= 0.6 is 0 Å². The van der Waals surface area contributed by atoms with E-state index in [-0.39, 0.29) is 5.92 Å². The summed E-state index contributed by atoms with van der Waals surface area (Å²) in [4.78, 5) is 10.7. The van der Waals surface area contributed by atoms with Gasteiger partial charge in [-0.15, -0.1) is 0 Å². The van der Waals surface area contributed by atoms with Gasteiger partial charge in [-0.05, 0) is 36.6 Å². The number of aliphatic carboxylic acids is 1. The van der Waals surface area contributed by atoms with Crippen molar-refractivity contribution in [1.82, 2.24) is 5.32 Å². The topological polar surface area (TPSA) is 58.6 Å². The van der Waals surface area contributed by atoms with Crippen molar-refractivity contribution in [2.24, 2.45) is 5.92 Å². The summed E-state index contributed by atoms with van der Waals surface area (Å²) in [6.07, 6.45) is 1.84. The molecule has 0 aliphatic carbocycles. The first-order valence-electron chi connectivity index (χ1n) is 6.67. The maximum atomic E-state index is 10.7. The van der Waals surface area contributed by atoms with Gasteiger partial charge in [-0.3, -0.25) is 4.79 Å². The van der Waals surface area contributed by atoms with Crippen LogP contribution in [0.25, 0.3) is 0 Å². The van der Waals surface area contributed by atoms with Crippen LogP contribution in [-0.2, 0) is 17.6 Å². The third-order valence-corrected chi connectivity index (χ3v) is 3.19. The van der Waals surface area contributed by atoms with E-state index >= 15 is 0 Å². The molecule has 0 bridgehead atoms. The second kappa shape index (κ2) is 7.79. The van der Waals surface area contributed by atoms with E-state index in [4.69, 9.17) is 9.84 Å². The number of hydrogen-bond donors (Lipinski definition) is 2. The van der Waals surface area contributed by atoms with Gasteiger partial charge in [0.15, 0.2) is 0 Å². The van der Waals surface area contributed by atoms with E-state index in [0.717, 1.165) is 25.1 Å². The van der Waals surface area contributed by atoms with Crippen LogP contribution in [0, 0.1) is 5.92 Å². The van der Waals surface area contributed by atoms with Crippen molar-refractivity contribution in [3.63, 3.8) is 0 Å². The minimum absolute atomic E-state index is 0.345. The lowest BCUT2D eigenvalue weighted by Gasteiger charge is -2.11. The van der Waals surface area contributed by atoms with Crippen molar-refractivity contribution in [1.29, 1.82) is 0 Å². The largest absolute Gasteiger partial charge is 0.496 e. The third kappa shape index (κ3) is 4.91. The lowest BCUT2D eigenvalue weighted by atomic mass is 10.1. The fourth-order valence-corrected chi connectivity index (χ4v) is 1.90. The Morgan fingerprint density at radius 2 is 2.21 bits per heavy atom. The molecule has 106 valence electrons. The Bertz CT molecular complexity index is 418. The van der Waals surface area contributed by atoms with Crippen LogP contribution in [0.1, 0.15) is 25.0 Å². The highest BCUT2D eigenvalue weighted by Crippen LogP contribution is 2.20. The summed E-state index contributed by atoms with van der Waals surface area (Å²) in [7, 11) is 1.68. The number of nitrogens with one attached hydrogen (secondary N) is 1. The maximum absolute atomic E-state index is 10.7. The zero-order valence-corrected chi connectivity index (χ0v) is 11.9. The second-order valence-electron chi connectivity index (χ2n) is 4.69. The van der Waals surface area contributed by atoms with Gasteiger partial charge in [-0.25, -0.2) is 0 Å². The van der Waals surface area contributed by atoms with E-state index in [1.807, 2.05) is 6.07 Å². The van der Waals surface area contributed by atoms with Gasteiger partial charge in [0.05, 0.1) is 13.0 Å². The van der Waals surface area contributed by atoms with Crippen LogP contribution in [0.4, 0.5) is 0 Å². The summed E-state index contributed by atoms with van der Waals surface area (Å²) in [6, 6.07) is 6.20. The van der Waals surface area contributed by atoms with Crippen molar-refractivity contribution >= 4 is 5.97 Å². The molecule has 1 aromatic rings. The van der Waals surface area contributed by atoms with E-state index in [2.05, 4.69) is 24.4 Å². The van der Waals surface area contributed by atoms with Crippen molar-refractivity contribution in [3.8, 4) is 5.75 Å². The number of carboxylic acid groups (broad SMARTS) is 1. The molecule has 1 rings (SSSR count). The van der Waals surface area contributed by atoms with Gasteiger partial charge in [0.25, 0.3) is 0 Å². The van der Waals surface area contributed by atoms with Gasteiger partial charge >= 0.3 is 5.97 Å². The molecule has 0 aliphatic rings. The predicted molar refractivity (Wildman–Crippen MR) is 75.7 cm³/mol. The second-order valence-corrected chi connectivity index (χ2v) is 4.69. The van der Waals surface area contributed by atoms with E-state index in [1.165, 1.54) is 11.1 Å². The molecule has 1 aromatic carbocycles. The number of aryl methyl sites for hydroxylation is 1. The first kappa shape index (κ1) is 15.5. The lowest BCUT2D eigenvalue weighted by molar-refractivity contribution is -0.140. The molecular formula is C15H23NO3. The monoisotopic (exact) mass is 265 g/mol. The summed E-state index contributed by atoms with van der Waals surface area (Å²) < 4.78 is 5.29. The minimum atomic E-state index is -0.759. The first-order chi connectivity index (χ1) is 9.08. The van der Waals surface area contributed by atoms with Gasteiger partial charge < -0.3 is 15.2 Å². The molecule has 0 fully saturated rings. The van der Waals surface area contributed by atoms with Gasteiger partial charge in [-0.2, -0.15) is 0 Å². The number of ether oxygens (including phenoxy) is 1.